The second kappa shape index (κ2) is 4.24. The number of anilines is 2. The molecule has 0 amide bonds. The number of hydrogen-bond acceptors (Lipinski definition) is 5. The van der Waals surface area contributed by atoms with Gasteiger partial charge in [0.05, 0.1) is 0 Å². The molecule has 1 fully saturated rings. The van der Waals surface area contributed by atoms with Crippen molar-refractivity contribution in [1.29, 1.82) is 0 Å². The van der Waals surface area contributed by atoms with Crippen molar-refractivity contribution in [3.8, 4) is 0 Å². The van der Waals surface area contributed by atoms with E-state index in [1.807, 2.05) is 12.1 Å². The van der Waals surface area contributed by atoms with E-state index in [1.54, 1.807) is 6.07 Å². The molecule has 4 rings (SSSR count). The Morgan fingerprint density at radius 1 is 1.30 bits per heavy atom. The molecule has 3 heterocycles. The lowest BCUT2D eigenvalue weighted by Crippen LogP contribution is -2.20. The SMILES string of the molecule is Nc1nc(N2C[CH]CC2)c2oc3ccc(Cl)cc3c2n1. The van der Waals surface area contributed by atoms with Crippen molar-refractivity contribution in [1.82, 2.24) is 9.97 Å². The van der Waals surface area contributed by atoms with Crippen molar-refractivity contribution in [2.45, 2.75) is 6.42 Å². The van der Waals surface area contributed by atoms with Crippen molar-refractivity contribution < 1.29 is 4.42 Å². The molecule has 2 aromatic heterocycles. The van der Waals surface area contributed by atoms with Crippen molar-refractivity contribution >= 4 is 45.4 Å². The first kappa shape index (κ1) is 11.8. The van der Waals surface area contributed by atoms with Crippen LogP contribution in [0.1, 0.15) is 6.42 Å². The predicted octanol–water partition coefficient (Wildman–Crippen LogP) is 3.03. The van der Waals surface area contributed by atoms with Crippen LogP contribution in [0.2, 0.25) is 5.02 Å². The van der Waals surface area contributed by atoms with Gasteiger partial charge in [0.25, 0.3) is 0 Å². The molecule has 0 aliphatic carbocycles. The Morgan fingerprint density at radius 3 is 3.00 bits per heavy atom. The van der Waals surface area contributed by atoms with Gasteiger partial charge in [-0.05, 0) is 31.0 Å². The van der Waals surface area contributed by atoms with Crippen molar-refractivity contribution in [2.75, 3.05) is 23.7 Å². The number of nitrogens with two attached hydrogens (primary N) is 1. The maximum Gasteiger partial charge on any atom is 0.222 e. The third-order valence-corrected chi connectivity index (χ3v) is 3.76. The first-order valence-corrected chi connectivity index (χ1v) is 6.82. The quantitative estimate of drug-likeness (QED) is 0.745. The van der Waals surface area contributed by atoms with Crippen LogP contribution in [0.25, 0.3) is 22.1 Å². The summed E-state index contributed by atoms with van der Waals surface area (Å²) < 4.78 is 5.91. The minimum Gasteiger partial charge on any atom is -0.450 e. The first-order valence-electron chi connectivity index (χ1n) is 6.44. The van der Waals surface area contributed by atoms with E-state index in [0.29, 0.717) is 10.6 Å². The Hall–Kier alpha value is -2.01. The molecule has 3 aromatic rings. The van der Waals surface area contributed by atoms with Crippen molar-refractivity contribution in [3.05, 3.63) is 29.6 Å². The zero-order chi connectivity index (χ0) is 13.7. The molecule has 6 heteroatoms. The third kappa shape index (κ3) is 1.70. The molecular formula is C14H12ClN4O. The fourth-order valence-electron chi connectivity index (χ4n) is 2.61. The highest BCUT2D eigenvalue weighted by Gasteiger charge is 2.22. The summed E-state index contributed by atoms with van der Waals surface area (Å²) in [6.07, 6.45) is 3.25. The van der Waals surface area contributed by atoms with Crippen molar-refractivity contribution in [3.63, 3.8) is 0 Å². The third-order valence-electron chi connectivity index (χ3n) is 3.53. The van der Waals surface area contributed by atoms with Gasteiger partial charge in [-0.15, -0.1) is 0 Å². The van der Waals surface area contributed by atoms with Crippen LogP contribution in [-0.4, -0.2) is 23.1 Å². The molecule has 1 radical (unpaired) electrons. The molecule has 0 saturated carbocycles. The van der Waals surface area contributed by atoms with Gasteiger partial charge in [0, 0.05) is 23.5 Å². The van der Waals surface area contributed by atoms with Gasteiger partial charge in [0.15, 0.2) is 11.4 Å². The highest BCUT2D eigenvalue weighted by Crippen LogP contribution is 2.35. The van der Waals surface area contributed by atoms with Gasteiger partial charge in [0.2, 0.25) is 5.95 Å². The summed E-state index contributed by atoms with van der Waals surface area (Å²) in [5, 5.41) is 1.51. The van der Waals surface area contributed by atoms with Crippen LogP contribution >= 0.6 is 11.6 Å². The molecule has 1 aromatic carbocycles. The maximum absolute atomic E-state index is 6.05. The molecule has 1 saturated heterocycles. The number of hydrogen-bond donors (Lipinski definition) is 1. The van der Waals surface area contributed by atoms with E-state index < -0.39 is 0 Å². The first-order chi connectivity index (χ1) is 9.72. The van der Waals surface area contributed by atoms with Crippen LogP contribution in [0.3, 0.4) is 0 Å². The van der Waals surface area contributed by atoms with E-state index in [2.05, 4.69) is 21.3 Å². The molecule has 1 aliphatic heterocycles. The van der Waals surface area contributed by atoms with E-state index in [4.69, 9.17) is 21.8 Å². The molecule has 0 atom stereocenters. The summed E-state index contributed by atoms with van der Waals surface area (Å²) in [7, 11) is 0. The Morgan fingerprint density at radius 2 is 2.20 bits per heavy atom. The monoisotopic (exact) mass is 287 g/mol. The lowest BCUT2D eigenvalue weighted by Gasteiger charge is -2.16. The molecule has 1 aliphatic rings. The highest BCUT2D eigenvalue weighted by molar-refractivity contribution is 6.31. The van der Waals surface area contributed by atoms with Gasteiger partial charge in [0.1, 0.15) is 11.1 Å². The fourth-order valence-corrected chi connectivity index (χ4v) is 2.78. The molecule has 0 spiro atoms. The largest absolute Gasteiger partial charge is 0.450 e. The minimum absolute atomic E-state index is 0.252. The Bertz CT molecular complexity index is 808. The number of rotatable bonds is 1. The molecule has 20 heavy (non-hydrogen) atoms. The summed E-state index contributed by atoms with van der Waals surface area (Å²) in [5.41, 5.74) is 7.98. The molecule has 101 valence electrons. The molecule has 5 nitrogen and oxygen atoms in total. The summed E-state index contributed by atoms with van der Waals surface area (Å²) in [5.74, 6) is 1.01. The minimum atomic E-state index is 0.252. The fraction of sp³-hybridized carbons (Fsp3) is 0.214. The van der Waals surface area contributed by atoms with Crippen molar-refractivity contribution in [2.24, 2.45) is 0 Å². The molecule has 0 unspecified atom stereocenters. The number of aromatic nitrogens is 2. The Labute approximate surface area is 120 Å². The number of nitrogen functional groups attached to an aromatic ring is 1. The lowest BCUT2D eigenvalue weighted by atomic mass is 10.2. The van der Waals surface area contributed by atoms with Crippen LogP contribution in [0.15, 0.2) is 22.6 Å². The normalized spacial score (nSPS) is 15.6. The molecule has 2 N–H and O–H groups in total. The van der Waals surface area contributed by atoms with Crippen LogP contribution < -0.4 is 10.6 Å². The van der Waals surface area contributed by atoms with Gasteiger partial charge < -0.3 is 15.1 Å². The zero-order valence-electron chi connectivity index (χ0n) is 10.6. The predicted molar refractivity (Wildman–Crippen MR) is 79.9 cm³/mol. The standard InChI is InChI=1S/C14H12ClN4O/c15-8-3-4-10-9(7-8)11-12(20-10)13(18-14(16)17-11)19-5-1-2-6-19/h1,3-4,7H,2,5-6H2,(H2,16,17,18). The summed E-state index contributed by atoms with van der Waals surface area (Å²) >= 11 is 6.05. The Balaban J connectivity index is 2.06. The second-order valence-electron chi connectivity index (χ2n) is 4.85. The van der Waals surface area contributed by atoms with Crippen LogP contribution in [0, 0.1) is 6.42 Å². The molecular weight excluding hydrogens is 276 g/mol. The van der Waals surface area contributed by atoms with Crippen LogP contribution in [0.4, 0.5) is 11.8 Å². The van der Waals surface area contributed by atoms with Gasteiger partial charge in [-0.25, -0.2) is 4.98 Å². The summed E-state index contributed by atoms with van der Waals surface area (Å²) in [6, 6.07) is 5.48. The van der Waals surface area contributed by atoms with Crippen LogP contribution in [0.5, 0.6) is 0 Å². The van der Waals surface area contributed by atoms with E-state index >= 15 is 0 Å². The van der Waals surface area contributed by atoms with E-state index in [9.17, 15) is 0 Å². The maximum atomic E-state index is 6.05. The number of nitrogens with zero attached hydrogens (tertiary/aromatic N) is 3. The Kier molecular flexibility index (Phi) is 2.50. The van der Waals surface area contributed by atoms with E-state index in [1.165, 1.54) is 0 Å². The van der Waals surface area contributed by atoms with Gasteiger partial charge >= 0.3 is 0 Å². The van der Waals surface area contributed by atoms with Gasteiger partial charge in [-0.2, -0.15) is 4.98 Å². The van der Waals surface area contributed by atoms with Gasteiger partial charge in [-0.1, -0.05) is 11.6 Å². The summed E-state index contributed by atoms with van der Waals surface area (Å²) in [4.78, 5) is 10.8. The van der Waals surface area contributed by atoms with E-state index in [-0.39, 0.29) is 5.95 Å². The smallest absolute Gasteiger partial charge is 0.222 e. The average Bonchev–Trinajstić information content (AvgIpc) is 3.05. The van der Waals surface area contributed by atoms with E-state index in [0.717, 1.165) is 41.8 Å². The summed E-state index contributed by atoms with van der Waals surface area (Å²) in [6.45, 7) is 1.77. The second-order valence-corrected chi connectivity index (χ2v) is 5.29. The zero-order valence-corrected chi connectivity index (χ0v) is 11.4. The lowest BCUT2D eigenvalue weighted by molar-refractivity contribution is 0.663. The van der Waals surface area contributed by atoms with Crippen LogP contribution in [-0.2, 0) is 0 Å². The number of furan rings is 1. The average molecular weight is 288 g/mol. The highest BCUT2D eigenvalue weighted by atomic mass is 35.5. The number of benzene rings is 1. The molecule has 0 bridgehead atoms. The van der Waals surface area contributed by atoms with Gasteiger partial charge in [-0.3, -0.25) is 0 Å². The number of fused-ring (bicyclic) bond motifs is 3. The topological polar surface area (TPSA) is 68.2 Å². The number of halogens is 1.